The number of ether oxygens (including phenoxy) is 1. The van der Waals surface area contributed by atoms with Gasteiger partial charge in [0.05, 0.1) is 6.10 Å². The quantitative estimate of drug-likeness (QED) is 0.609. The molecule has 5 rings (SSSR count). The van der Waals surface area contributed by atoms with Crippen LogP contribution in [0.25, 0.3) is 0 Å². The first-order valence-corrected chi connectivity index (χ1v) is 14.8. The summed E-state index contributed by atoms with van der Waals surface area (Å²) < 4.78 is 6.07. The summed E-state index contributed by atoms with van der Waals surface area (Å²) >= 11 is 0. The molecule has 2 amide bonds. The van der Waals surface area contributed by atoms with Crippen molar-refractivity contribution in [2.24, 2.45) is 5.92 Å². The summed E-state index contributed by atoms with van der Waals surface area (Å²) in [6.07, 6.45) is 10.8. The second-order valence-corrected chi connectivity index (χ2v) is 11.8. The number of rotatable bonds is 7. The van der Waals surface area contributed by atoms with E-state index in [1.54, 1.807) is 0 Å². The van der Waals surface area contributed by atoms with Crippen molar-refractivity contribution >= 4 is 11.8 Å². The third-order valence-electron chi connectivity index (χ3n) is 8.97. The lowest BCUT2D eigenvalue weighted by Crippen LogP contribution is -2.48. The van der Waals surface area contributed by atoms with Gasteiger partial charge in [-0.05, 0) is 70.0 Å². The van der Waals surface area contributed by atoms with Crippen molar-refractivity contribution in [1.29, 1.82) is 0 Å². The molecule has 37 heavy (non-hydrogen) atoms. The molecule has 1 aromatic rings. The van der Waals surface area contributed by atoms with Crippen LogP contribution in [-0.2, 0) is 9.53 Å². The van der Waals surface area contributed by atoms with Gasteiger partial charge in [0.2, 0.25) is 5.91 Å². The molecule has 3 unspecified atom stereocenters. The minimum Gasteiger partial charge on any atom is -0.377 e. The highest BCUT2D eigenvalue weighted by molar-refractivity contribution is 5.98. The third-order valence-corrected chi connectivity index (χ3v) is 8.97. The Hall–Kier alpha value is -1.96. The molecule has 0 radical (unpaired) electrons. The largest absolute Gasteiger partial charge is 0.377 e. The zero-order valence-electron chi connectivity index (χ0n) is 22.7. The molecule has 4 aliphatic rings. The van der Waals surface area contributed by atoms with E-state index in [2.05, 4.69) is 10.2 Å². The van der Waals surface area contributed by atoms with Crippen LogP contribution in [0.5, 0.6) is 0 Å². The van der Waals surface area contributed by atoms with Gasteiger partial charge < -0.3 is 19.9 Å². The number of benzene rings is 1. The minimum atomic E-state index is -0.393. The molecule has 204 valence electrons. The maximum atomic E-state index is 13.9. The van der Waals surface area contributed by atoms with E-state index in [-0.39, 0.29) is 24.0 Å². The van der Waals surface area contributed by atoms with Gasteiger partial charge in [-0.15, -0.1) is 0 Å². The molecule has 7 nitrogen and oxygen atoms in total. The van der Waals surface area contributed by atoms with Gasteiger partial charge in [0.1, 0.15) is 6.04 Å². The fraction of sp³-hybridized carbons (Fsp3) is 0.733. The van der Waals surface area contributed by atoms with Crippen LogP contribution in [0.3, 0.4) is 0 Å². The van der Waals surface area contributed by atoms with Gasteiger partial charge >= 0.3 is 0 Å². The van der Waals surface area contributed by atoms with Gasteiger partial charge in [0.15, 0.2) is 0 Å². The van der Waals surface area contributed by atoms with Crippen LogP contribution in [0, 0.1) is 12.8 Å². The molecule has 1 aliphatic carbocycles. The Bertz CT molecular complexity index is 887. The molecule has 4 fully saturated rings. The standard InChI is InChI=1S/C30H46N4O3/c1-23-10-12-25(13-11-23)29(35)34-21-26(19-28(34)30(36)32-16-6-14-31-15-17-32)33(22-27-9-5-18-37-27)20-24-7-3-2-4-8-24/h10-13,24,26-28,31H,2-9,14-22H2,1H3. The van der Waals surface area contributed by atoms with Crippen LogP contribution in [0.4, 0.5) is 0 Å². The molecule has 1 saturated carbocycles. The van der Waals surface area contributed by atoms with Gasteiger partial charge in [-0.25, -0.2) is 0 Å². The lowest BCUT2D eigenvalue weighted by Gasteiger charge is -2.35. The fourth-order valence-electron chi connectivity index (χ4n) is 6.80. The number of likely N-dealkylation sites (tertiary alicyclic amines) is 1. The Labute approximate surface area is 222 Å². The first-order chi connectivity index (χ1) is 18.1. The maximum absolute atomic E-state index is 13.9. The number of carbonyl (C=O) groups is 2. The molecular weight excluding hydrogens is 464 g/mol. The van der Waals surface area contributed by atoms with Crippen molar-refractivity contribution in [2.45, 2.75) is 82.9 Å². The van der Waals surface area contributed by atoms with Crippen LogP contribution in [-0.4, -0.2) is 97.1 Å². The molecule has 0 bridgehead atoms. The minimum absolute atomic E-state index is 0.0106. The van der Waals surface area contributed by atoms with Crippen molar-refractivity contribution in [2.75, 3.05) is 52.4 Å². The van der Waals surface area contributed by atoms with Gasteiger partial charge in [-0.1, -0.05) is 37.0 Å². The topological polar surface area (TPSA) is 65.1 Å². The number of nitrogens with zero attached hydrogens (tertiary/aromatic N) is 3. The Morgan fingerprint density at radius 2 is 1.78 bits per heavy atom. The highest BCUT2D eigenvalue weighted by Gasteiger charge is 2.44. The van der Waals surface area contributed by atoms with E-state index >= 15 is 0 Å². The Morgan fingerprint density at radius 3 is 2.54 bits per heavy atom. The molecule has 1 aromatic carbocycles. The van der Waals surface area contributed by atoms with Gasteiger partial charge in [-0.3, -0.25) is 14.5 Å². The Kier molecular flexibility index (Phi) is 9.16. The van der Waals surface area contributed by atoms with Crippen molar-refractivity contribution in [3.05, 3.63) is 35.4 Å². The van der Waals surface area contributed by atoms with Crippen LogP contribution >= 0.6 is 0 Å². The van der Waals surface area contributed by atoms with E-state index in [0.717, 1.165) is 70.6 Å². The highest BCUT2D eigenvalue weighted by Crippen LogP contribution is 2.31. The van der Waals surface area contributed by atoms with Crippen LogP contribution in [0.2, 0.25) is 0 Å². The highest BCUT2D eigenvalue weighted by atomic mass is 16.5. The second kappa shape index (κ2) is 12.7. The number of carbonyl (C=O) groups excluding carboxylic acids is 2. The first-order valence-electron chi connectivity index (χ1n) is 14.8. The molecule has 0 aromatic heterocycles. The monoisotopic (exact) mass is 510 g/mol. The molecule has 0 spiro atoms. The lowest BCUT2D eigenvalue weighted by molar-refractivity contribution is -0.135. The SMILES string of the molecule is Cc1ccc(C(=O)N2CC(N(CC3CCCCC3)CC3CCCO3)CC2C(=O)N2CCCNCC2)cc1. The van der Waals surface area contributed by atoms with Gasteiger partial charge in [0, 0.05) is 57.5 Å². The molecule has 3 heterocycles. The van der Waals surface area contributed by atoms with Gasteiger partial charge in [-0.2, -0.15) is 0 Å². The molecule has 3 atom stereocenters. The summed E-state index contributed by atoms with van der Waals surface area (Å²) in [5.41, 5.74) is 1.82. The Balaban J connectivity index is 1.37. The summed E-state index contributed by atoms with van der Waals surface area (Å²) in [4.78, 5) is 34.2. The van der Waals surface area contributed by atoms with Crippen molar-refractivity contribution in [1.82, 2.24) is 20.0 Å². The molecular formula is C30H46N4O3. The summed E-state index contributed by atoms with van der Waals surface area (Å²) in [5.74, 6) is 0.827. The van der Waals surface area contributed by atoms with E-state index in [1.807, 2.05) is 41.0 Å². The maximum Gasteiger partial charge on any atom is 0.254 e. The predicted molar refractivity (Wildman–Crippen MR) is 146 cm³/mol. The molecule has 1 N–H and O–H groups in total. The number of amides is 2. The zero-order chi connectivity index (χ0) is 25.6. The van der Waals surface area contributed by atoms with E-state index in [1.165, 1.54) is 32.1 Å². The van der Waals surface area contributed by atoms with E-state index in [9.17, 15) is 9.59 Å². The third kappa shape index (κ3) is 6.73. The predicted octanol–water partition coefficient (Wildman–Crippen LogP) is 3.46. The second-order valence-electron chi connectivity index (χ2n) is 11.8. The smallest absolute Gasteiger partial charge is 0.254 e. The number of hydrogen-bond acceptors (Lipinski definition) is 5. The van der Waals surface area contributed by atoms with Crippen LogP contribution < -0.4 is 5.32 Å². The van der Waals surface area contributed by atoms with Crippen LogP contribution in [0.15, 0.2) is 24.3 Å². The fourth-order valence-corrected chi connectivity index (χ4v) is 6.80. The molecule has 3 aliphatic heterocycles. The van der Waals surface area contributed by atoms with Gasteiger partial charge in [0.25, 0.3) is 5.91 Å². The number of aryl methyl sites for hydroxylation is 1. The summed E-state index contributed by atoms with van der Waals surface area (Å²) in [6, 6.07) is 7.61. The van der Waals surface area contributed by atoms with Crippen molar-refractivity contribution < 1.29 is 14.3 Å². The summed E-state index contributed by atoms with van der Waals surface area (Å²) in [5, 5.41) is 3.40. The first kappa shape index (κ1) is 26.6. The van der Waals surface area contributed by atoms with Crippen molar-refractivity contribution in [3.63, 3.8) is 0 Å². The zero-order valence-corrected chi connectivity index (χ0v) is 22.7. The number of nitrogens with one attached hydrogen (secondary N) is 1. The average molecular weight is 511 g/mol. The normalized spacial score (nSPS) is 27.6. The number of hydrogen-bond donors (Lipinski definition) is 1. The summed E-state index contributed by atoms with van der Waals surface area (Å²) in [6.45, 7) is 8.74. The average Bonchev–Trinajstić information content (AvgIpc) is 3.52. The van der Waals surface area contributed by atoms with E-state index < -0.39 is 6.04 Å². The molecule has 3 saturated heterocycles. The van der Waals surface area contributed by atoms with E-state index in [4.69, 9.17) is 4.74 Å². The Morgan fingerprint density at radius 1 is 0.973 bits per heavy atom. The van der Waals surface area contributed by atoms with Crippen LogP contribution in [0.1, 0.15) is 73.7 Å². The lowest BCUT2D eigenvalue weighted by atomic mass is 9.88. The summed E-state index contributed by atoms with van der Waals surface area (Å²) in [7, 11) is 0. The van der Waals surface area contributed by atoms with Crippen molar-refractivity contribution in [3.8, 4) is 0 Å². The van der Waals surface area contributed by atoms with E-state index in [0.29, 0.717) is 24.6 Å². The molecule has 7 heteroatoms.